The van der Waals surface area contributed by atoms with Crippen LogP contribution in [0.25, 0.3) is 0 Å². The molecule has 1 aliphatic rings. The second kappa shape index (κ2) is 10.7. The van der Waals surface area contributed by atoms with E-state index < -0.39 is 6.10 Å². The summed E-state index contributed by atoms with van der Waals surface area (Å²) in [6.07, 6.45) is 0.628. The molecule has 1 saturated heterocycles. The van der Waals surface area contributed by atoms with E-state index in [1.807, 2.05) is 18.2 Å². The van der Waals surface area contributed by atoms with Crippen LogP contribution < -0.4 is 14.8 Å². The topological polar surface area (TPSA) is 57.2 Å². The first-order valence-electron chi connectivity index (χ1n) is 9.60. The van der Waals surface area contributed by atoms with Gasteiger partial charge in [0.25, 0.3) is 0 Å². The molecule has 0 radical (unpaired) electrons. The molecule has 148 valence electrons. The molecule has 1 fully saturated rings. The third-order valence-electron chi connectivity index (χ3n) is 4.65. The van der Waals surface area contributed by atoms with Crippen LogP contribution in [0.3, 0.4) is 0 Å². The highest BCUT2D eigenvalue weighted by Gasteiger charge is 2.17. The Hall–Kier alpha value is -1.34. The highest BCUT2D eigenvalue weighted by molar-refractivity contribution is 5.43. The van der Waals surface area contributed by atoms with Gasteiger partial charge in [0, 0.05) is 32.2 Å². The predicted octanol–water partition coefficient (Wildman–Crippen LogP) is 1.57. The molecule has 2 rings (SSSR count). The SMILES string of the molecule is COc1ccc(CNC(C)C)cc1OCC(O)CN1CCCN(C)CC1. The molecule has 0 saturated carbocycles. The Balaban J connectivity index is 1.87. The molecule has 1 aromatic rings. The number of aliphatic hydroxyl groups is 1. The van der Waals surface area contributed by atoms with Gasteiger partial charge >= 0.3 is 0 Å². The van der Waals surface area contributed by atoms with Crippen LogP contribution in [0, 0.1) is 0 Å². The fourth-order valence-corrected chi connectivity index (χ4v) is 3.09. The van der Waals surface area contributed by atoms with Gasteiger partial charge in [0.1, 0.15) is 12.7 Å². The van der Waals surface area contributed by atoms with E-state index in [0.717, 1.165) is 44.7 Å². The molecule has 1 heterocycles. The zero-order valence-corrected chi connectivity index (χ0v) is 16.7. The van der Waals surface area contributed by atoms with Gasteiger partial charge in [0.05, 0.1) is 7.11 Å². The van der Waals surface area contributed by atoms with Gasteiger partial charge in [-0.05, 0) is 44.3 Å². The number of nitrogens with zero attached hydrogens (tertiary/aromatic N) is 2. The van der Waals surface area contributed by atoms with Crippen LogP contribution in [-0.2, 0) is 6.54 Å². The minimum Gasteiger partial charge on any atom is -0.493 e. The van der Waals surface area contributed by atoms with Crippen molar-refractivity contribution in [2.75, 3.05) is 53.5 Å². The number of ether oxygens (including phenoxy) is 2. The maximum Gasteiger partial charge on any atom is 0.161 e. The number of rotatable bonds is 9. The second-order valence-corrected chi connectivity index (χ2v) is 7.44. The first kappa shape index (κ1) is 21.0. The normalized spacial score (nSPS) is 17.9. The predicted molar refractivity (Wildman–Crippen MR) is 105 cm³/mol. The van der Waals surface area contributed by atoms with Crippen LogP contribution in [0.5, 0.6) is 11.5 Å². The van der Waals surface area contributed by atoms with Gasteiger partial charge in [-0.3, -0.25) is 4.90 Å². The molecule has 2 N–H and O–H groups in total. The fraction of sp³-hybridized carbons (Fsp3) is 0.700. The number of hydrogen-bond acceptors (Lipinski definition) is 6. The zero-order chi connectivity index (χ0) is 18.9. The van der Waals surface area contributed by atoms with E-state index in [2.05, 4.69) is 36.0 Å². The molecule has 26 heavy (non-hydrogen) atoms. The summed E-state index contributed by atoms with van der Waals surface area (Å²) >= 11 is 0. The average molecular weight is 366 g/mol. The van der Waals surface area contributed by atoms with Crippen molar-refractivity contribution in [3.8, 4) is 11.5 Å². The van der Waals surface area contributed by atoms with Crippen LogP contribution in [0.2, 0.25) is 0 Å². The Labute approximate surface area is 158 Å². The lowest BCUT2D eigenvalue weighted by atomic mass is 10.2. The van der Waals surface area contributed by atoms with Crippen molar-refractivity contribution in [3.05, 3.63) is 23.8 Å². The summed E-state index contributed by atoms with van der Waals surface area (Å²) < 4.78 is 11.3. The number of benzene rings is 1. The number of hydrogen-bond donors (Lipinski definition) is 2. The summed E-state index contributed by atoms with van der Waals surface area (Å²) in [5, 5.41) is 13.8. The van der Waals surface area contributed by atoms with Crippen molar-refractivity contribution in [1.82, 2.24) is 15.1 Å². The van der Waals surface area contributed by atoms with Crippen LogP contribution in [0.15, 0.2) is 18.2 Å². The molecule has 0 amide bonds. The van der Waals surface area contributed by atoms with E-state index in [1.165, 1.54) is 0 Å². The molecule has 6 nitrogen and oxygen atoms in total. The number of methoxy groups -OCH3 is 1. The molecular formula is C20H35N3O3. The third-order valence-corrected chi connectivity index (χ3v) is 4.65. The number of aliphatic hydroxyl groups excluding tert-OH is 1. The van der Waals surface area contributed by atoms with Gasteiger partial charge in [-0.2, -0.15) is 0 Å². The molecule has 0 bridgehead atoms. The Morgan fingerprint density at radius 1 is 1.15 bits per heavy atom. The van der Waals surface area contributed by atoms with Gasteiger partial charge in [-0.15, -0.1) is 0 Å². The maximum atomic E-state index is 10.4. The highest BCUT2D eigenvalue weighted by atomic mass is 16.5. The number of β-amino-alcohol motifs (C(OH)–C–C–N with tert-alkyl or cyclic N) is 1. The van der Waals surface area contributed by atoms with Crippen LogP contribution in [-0.4, -0.2) is 80.5 Å². The van der Waals surface area contributed by atoms with Crippen LogP contribution in [0.1, 0.15) is 25.8 Å². The van der Waals surface area contributed by atoms with E-state index in [0.29, 0.717) is 24.1 Å². The lowest BCUT2D eigenvalue weighted by Crippen LogP contribution is -2.37. The average Bonchev–Trinajstić information content (AvgIpc) is 2.82. The highest BCUT2D eigenvalue weighted by Crippen LogP contribution is 2.28. The molecular weight excluding hydrogens is 330 g/mol. The summed E-state index contributed by atoms with van der Waals surface area (Å²) in [5.41, 5.74) is 1.14. The van der Waals surface area contributed by atoms with Crippen LogP contribution >= 0.6 is 0 Å². The molecule has 1 aliphatic heterocycles. The largest absolute Gasteiger partial charge is 0.493 e. The fourth-order valence-electron chi connectivity index (χ4n) is 3.09. The van der Waals surface area contributed by atoms with E-state index in [9.17, 15) is 5.11 Å². The van der Waals surface area contributed by atoms with Crippen molar-refractivity contribution in [2.24, 2.45) is 0 Å². The first-order chi connectivity index (χ1) is 12.5. The summed E-state index contributed by atoms with van der Waals surface area (Å²) in [5.74, 6) is 1.38. The minimum absolute atomic E-state index is 0.268. The molecule has 0 aliphatic carbocycles. The Morgan fingerprint density at radius 2 is 1.96 bits per heavy atom. The molecule has 1 unspecified atom stereocenters. The van der Waals surface area contributed by atoms with Crippen molar-refractivity contribution in [2.45, 2.75) is 39.0 Å². The maximum absolute atomic E-state index is 10.4. The van der Waals surface area contributed by atoms with E-state index in [1.54, 1.807) is 7.11 Å². The quantitative estimate of drug-likeness (QED) is 0.693. The Morgan fingerprint density at radius 3 is 2.69 bits per heavy atom. The molecule has 0 aromatic heterocycles. The molecule has 1 atom stereocenters. The molecule has 6 heteroatoms. The monoisotopic (exact) mass is 365 g/mol. The van der Waals surface area contributed by atoms with E-state index in [-0.39, 0.29) is 6.61 Å². The standard InChI is InChI=1S/C20H35N3O3/c1-16(2)21-13-17-6-7-19(25-4)20(12-17)26-15-18(24)14-23-9-5-8-22(3)10-11-23/h6-7,12,16,18,21,24H,5,8-11,13-15H2,1-4H3. The van der Waals surface area contributed by atoms with Gasteiger partial charge in [-0.25, -0.2) is 0 Å². The summed E-state index contributed by atoms with van der Waals surface area (Å²) in [7, 11) is 3.79. The minimum atomic E-state index is -0.513. The second-order valence-electron chi connectivity index (χ2n) is 7.44. The zero-order valence-electron chi connectivity index (χ0n) is 16.7. The van der Waals surface area contributed by atoms with Crippen molar-refractivity contribution in [3.63, 3.8) is 0 Å². The van der Waals surface area contributed by atoms with Gasteiger partial charge in [-0.1, -0.05) is 19.9 Å². The smallest absolute Gasteiger partial charge is 0.161 e. The number of nitrogens with one attached hydrogen (secondary N) is 1. The van der Waals surface area contributed by atoms with Crippen molar-refractivity contribution >= 4 is 0 Å². The van der Waals surface area contributed by atoms with Crippen LogP contribution in [0.4, 0.5) is 0 Å². The van der Waals surface area contributed by atoms with Gasteiger partial charge in [0.2, 0.25) is 0 Å². The molecule has 1 aromatic carbocycles. The lowest BCUT2D eigenvalue weighted by Gasteiger charge is -2.23. The number of likely N-dealkylation sites (N-methyl/N-ethyl adjacent to an activating group) is 1. The lowest BCUT2D eigenvalue weighted by molar-refractivity contribution is 0.0685. The summed E-state index contributed by atoms with van der Waals surface area (Å²) in [4.78, 5) is 4.65. The van der Waals surface area contributed by atoms with Crippen molar-refractivity contribution in [1.29, 1.82) is 0 Å². The summed E-state index contributed by atoms with van der Waals surface area (Å²) in [6, 6.07) is 6.37. The van der Waals surface area contributed by atoms with Gasteiger partial charge in [0.15, 0.2) is 11.5 Å². The van der Waals surface area contributed by atoms with E-state index in [4.69, 9.17) is 9.47 Å². The first-order valence-corrected chi connectivity index (χ1v) is 9.60. The van der Waals surface area contributed by atoms with Crippen molar-refractivity contribution < 1.29 is 14.6 Å². The summed E-state index contributed by atoms with van der Waals surface area (Å²) in [6.45, 7) is 10.1. The van der Waals surface area contributed by atoms with Gasteiger partial charge < -0.3 is 24.8 Å². The molecule has 0 spiro atoms. The van der Waals surface area contributed by atoms with E-state index >= 15 is 0 Å². The Bertz CT molecular complexity index is 539. The Kier molecular flexibility index (Phi) is 8.65. The third kappa shape index (κ3) is 7.11.